The van der Waals surface area contributed by atoms with Crippen LogP contribution in [0.3, 0.4) is 0 Å². The molecule has 7 heteroatoms. The van der Waals surface area contributed by atoms with E-state index in [1.54, 1.807) is 0 Å². The second-order valence-corrected chi connectivity index (χ2v) is 5.48. The van der Waals surface area contributed by atoms with Crippen LogP contribution in [0.2, 0.25) is 0 Å². The van der Waals surface area contributed by atoms with Gasteiger partial charge in [0.1, 0.15) is 0 Å². The standard InChI is InChI=1S/C8H9NO3.C7H11NO2/c10-7-5-3-1-2-4-6(5)9-8(11)12-7;8-6-4-2-1-3-5(6)7(9)10/h1-4H2,(H,9,11);1-4,8H2,(H,9,10). The molecule has 2 aliphatic rings. The minimum Gasteiger partial charge on any atom is -0.478 e. The molecule has 0 amide bonds. The first-order chi connectivity index (χ1) is 10.5. The zero-order valence-corrected chi connectivity index (χ0v) is 12.3. The molecule has 7 nitrogen and oxygen atoms in total. The molecule has 2 aliphatic carbocycles. The second-order valence-electron chi connectivity index (χ2n) is 5.48. The van der Waals surface area contributed by atoms with Crippen LogP contribution in [0.5, 0.6) is 0 Å². The van der Waals surface area contributed by atoms with Gasteiger partial charge in [0.2, 0.25) is 0 Å². The Bertz CT molecular complexity index is 699. The Balaban J connectivity index is 0.000000164. The molecule has 0 atom stereocenters. The fourth-order valence-corrected chi connectivity index (χ4v) is 2.74. The number of H-pyrrole nitrogens is 1. The van der Waals surface area contributed by atoms with Crippen LogP contribution < -0.4 is 17.1 Å². The number of allylic oxidation sites excluding steroid dienone is 1. The molecular weight excluding hydrogens is 288 g/mol. The van der Waals surface area contributed by atoms with Crippen molar-refractivity contribution < 1.29 is 14.3 Å². The average molecular weight is 308 g/mol. The number of nitrogens with two attached hydrogens (primary N) is 1. The number of rotatable bonds is 1. The summed E-state index contributed by atoms with van der Waals surface area (Å²) in [6.45, 7) is 0. The summed E-state index contributed by atoms with van der Waals surface area (Å²) in [7, 11) is 0. The van der Waals surface area contributed by atoms with Crippen LogP contribution in [-0.2, 0) is 17.6 Å². The van der Waals surface area contributed by atoms with Gasteiger partial charge in [-0.1, -0.05) is 0 Å². The summed E-state index contributed by atoms with van der Waals surface area (Å²) in [4.78, 5) is 34.8. The van der Waals surface area contributed by atoms with Gasteiger partial charge in [0, 0.05) is 11.4 Å². The van der Waals surface area contributed by atoms with Gasteiger partial charge in [-0.3, -0.25) is 4.98 Å². The van der Waals surface area contributed by atoms with E-state index in [0.29, 0.717) is 23.3 Å². The number of hydrogen-bond acceptors (Lipinski definition) is 5. The highest BCUT2D eigenvalue weighted by atomic mass is 16.4. The summed E-state index contributed by atoms with van der Waals surface area (Å²) in [5.74, 6) is -1.49. The molecule has 0 fully saturated rings. The topological polar surface area (TPSA) is 126 Å². The van der Waals surface area contributed by atoms with Crippen LogP contribution in [0, 0.1) is 0 Å². The van der Waals surface area contributed by atoms with E-state index in [-0.39, 0.29) is 0 Å². The molecule has 0 saturated carbocycles. The maximum absolute atomic E-state index is 11.1. The molecule has 0 aliphatic heterocycles. The molecule has 4 N–H and O–H groups in total. The van der Waals surface area contributed by atoms with Gasteiger partial charge in [0.05, 0.1) is 11.1 Å². The number of aromatic amines is 1. The Hall–Kier alpha value is -2.31. The third-order valence-electron chi connectivity index (χ3n) is 3.92. The lowest BCUT2D eigenvalue weighted by Gasteiger charge is -2.12. The van der Waals surface area contributed by atoms with Gasteiger partial charge in [-0.2, -0.15) is 0 Å². The lowest BCUT2D eigenvalue weighted by Crippen LogP contribution is -2.24. The molecular formula is C15H20N2O5. The number of carboxylic acid groups (broad SMARTS) is 1. The number of carbonyl (C=O) groups is 1. The largest absolute Gasteiger partial charge is 0.478 e. The number of carboxylic acids is 1. The Morgan fingerprint density at radius 1 is 1.05 bits per heavy atom. The third-order valence-corrected chi connectivity index (χ3v) is 3.92. The van der Waals surface area contributed by atoms with Gasteiger partial charge in [-0.05, 0) is 51.4 Å². The van der Waals surface area contributed by atoms with Crippen LogP contribution in [0.4, 0.5) is 0 Å². The number of nitrogens with one attached hydrogen (secondary N) is 1. The third kappa shape index (κ3) is 3.87. The molecule has 0 spiro atoms. The van der Waals surface area contributed by atoms with Crippen LogP contribution in [0.1, 0.15) is 49.8 Å². The Morgan fingerprint density at radius 3 is 2.32 bits per heavy atom. The van der Waals surface area contributed by atoms with Crippen LogP contribution >= 0.6 is 0 Å². The molecule has 1 aromatic heterocycles. The zero-order valence-electron chi connectivity index (χ0n) is 12.3. The van der Waals surface area contributed by atoms with Gasteiger partial charge in [-0.25, -0.2) is 14.4 Å². The van der Waals surface area contributed by atoms with Crippen LogP contribution in [0.15, 0.2) is 25.3 Å². The summed E-state index contributed by atoms with van der Waals surface area (Å²) in [5, 5.41) is 8.57. The Labute approximate surface area is 126 Å². The summed E-state index contributed by atoms with van der Waals surface area (Å²) in [6.07, 6.45) is 6.94. The van der Waals surface area contributed by atoms with E-state index in [0.717, 1.165) is 50.6 Å². The lowest BCUT2D eigenvalue weighted by molar-refractivity contribution is -0.133. The van der Waals surface area contributed by atoms with Gasteiger partial charge in [0.25, 0.3) is 0 Å². The zero-order chi connectivity index (χ0) is 16.1. The van der Waals surface area contributed by atoms with Crippen LogP contribution in [0.25, 0.3) is 0 Å². The van der Waals surface area contributed by atoms with E-state index in [4.69, 9.17) is 10.8 Å². The molecule has 1 aromatic rings. The van der Waals surface area contributed by atoms with Gasteiger partial charge >= 0.3 is 17.4 Å². The molecule has 0 radical (unpaired) electrons. The van der Waals surface area contributed by atoms with Crippen molar-refractivity contribution in [3.63, 3.8) is 0 Å². The molecule has 1 heterocycles. The van der Waals surface area contributed by atoms with Crippen molar-refractivity contribution in [1.82, 2.24) is 4.98 Å². The molecule has 0 aromatic carbocycles. The Morgan fingerprint density at radius 2 is 1.68 bits per heavy atom. The van der Waals surface area contributed by atoms with Gasteiger partial charge < -0.3 is 15.3 Å². The SMILES string of the molecule is NC1=C(C(=O)O)CCCC1.O=c1[nH]c2c(c(=O)o1)CCCC2. The number of hydrogen-bond donors (Lipinski definition) is 3. The monoisotopic (exact) mass is 308 g/mol. The first-order valence-electron chi connectivity index (χ1n) is 7.45. The minimum absolute atomic E-state index is 0.422. The van der Waals surface area contributed by atoms with Crippen molar-refractivity contribution in [2.75, 3.05) is 0 Å². The van der Waals surface area contributed by atoms with Crippen molar-refractivity contribution in [1.29, 1.82) is 0 Å². The Kier molecular flexibility index (Phi) is 5.19. The molecule has 0 bridgehead atoms. The average Bonchev–Trinajstić information content (AvgIpc) is 2.48. The van der Waals surface area contributed by atoms with Crippen molar-refractivity contribution in [2.24, 2.45) is 5.73 Å². The maximum Gasteiger partial charge on any atom is 0.419 e. The van der Waals surface area contributed by atoms with Crippen molar-refractivity contribution in [2.45, 2.75) is 51.4 Å². The summed E-state index contributed by atoms with van der Waals surface area (Å²) >= 11 is 0. The molecule has 3 rings (SSSR count). The van der Waals surface area contributed by atoms with E-state index < -0.39 is 17.4 Å². The summed E-state index contributed by atoms with van der Waals surface area (Å²) < 4.78 is 4.41. The smallest absolute Gasteiger partial charge is 0.419 e. The normalized spacial score (nSPS) is 17.3. The number of aryl methyl sites for hydroxylation is 1. The molecule has 0 saturated heterocycles. The van der Waals surface area contributed by atoms with E-state index in [9.17, 15) is 14.4 Å². The predicted octanol–water partition coefficient (Wildman–Crippen LogP) is 1.06. The van der Waals surface area contributed by atoms with Crippen molar-refractivity contribution >= 4 is 5.97 Å². The fourth-order valence-electron chi connectivity index (χ4n) is 2.74. The first kappa shape index (κ1) is 16.1. The quantitative estimate of drug-likeness (QED) is 0.712. The lowest BCUT2D eigenvalue weighted by atomic mass is 9.97. The highest BCUT2D eigenvalue weighted by Gasteiger charge is 2.15. The van der Waals surface area contributed by atoms with Crippen molar-refractivity contribution in [3.8, 4) is 0 Å². The first-order valence-corrected chi connectivity index (χ1v) is 7.45. The maximum atomic E-state index is 11.1. The molecule has 22 heavy (non-hydrogen) atoms. The van der Waals surface area contributed by atoms with E-state index in [2.05, 4.69) is 9.40 Å². The van der Waals surface area contributed by atoms with E-state index >= 15 is 0 Å². The number of aromatic nitrogens is 1. The van der Waals surface area contributed by atoms with Crippen molar-refractivity contribution in [3.05, 3.63) is 43.5 Å². The molecule has 120 valence electrons. The predicted molar refractivity (Wildman–Crippen MR) is 79.6 cm³/mol. The molecule has 0 unspecified atom stereocenters. The van der Waals surface area contributed by atoms with Gasteiger partial charge in [-0.15, -0.1) is 0 Å². The summed E-state index contributed by atoms with van der Waals surface area (Å²) in [6, 6.07) is 0. The fraction of sp³-hybridized carbons (Fsp3) is 0.533. The van der Waals surface area contributed by atoms with E-state index in [1.165, 1.54) is 0 Å². The van der Waals surface area contributed by atoms with Gasteiger partial charge in [0.15, 0.2) is 0 Å². The highest BCUT2D eigenvalue weighted by Crippen LogP contribution is 2.20. The second kappa shape index (κ2) is 7.11. The van der Waals surface area contributed by atoms with Crippen LogP contribution in [-0.4, -0.2) is 16.1 Å². The number of fused-ring (bicyclic) bond motifs is 1. The highest BCUT2D eigenvalue weighted by molar-refractivity contribution is 5.87. The summed E-state index contributed by atoms with van der Waals surface area (Å²) in [5.41, 5.74) is 7.42. The minimum atomic E-state index is -0.850. The van der Waals surface area contributed by atoms with E-state index in [1.807, 2.05) is 0 Å². The number of aliphatic carboxylic acids is 1.